The van der Waals surface area contributed by atoms with E-state index in [0.717, 1.165) is 12.2 Å². The van der Waals surface area contributed by atoms with Gasteiger partial charge in [-0.3, -0.25) is 0 Å². The van der Waals surface area contributed by atoms with E-state index in [9.17, 15) is 0 Å². The number of imidazole rings is 1. The molecule has 25 heavy (non-hydrogen) atoms. The van der Waals surface area contributed by atoms with E-state index < -0.39 is 0 Å². The molecule has 2 nitrogen and oxygen atoms in total. The Balaban J connectivity index is 1.96. The van der Waals surface area contributed by atoms with Gasteiger partial charge in [-0.05, 0) is 11.1 Å². The fraction of sp³-hybridized carbons (Fsp3) is 0.174. The first-order valence-electron chi connectivity index (χ1n) is 8.73. The molecule has 0 bridgehead atoms. The summed E-state index contributed by atoms with van der Waals surface area (Å²) in [6.07, 6.45) is 13.7. The van der Waals surface area contributed by atoms with E-state index in [1.165, 1.54) is 11.1 Å². The van der Waals surface area contributed by atoms with E-state index in [1.807, 2.05) is 12.4 Å². The van der Waals surface area contributed by atoms with E-state index in [4.69, 9.17) is 0 Å². The monoisotopic (exact) mass is 326 g/mol. The second-order valence-corrected chi connectivity index (χ2v) is 6.63. The van der Waals surface area contributed by atoms with Crippen molar-refractivity contribution < 1.29 is 0 Å². The molecule has 0 saturated carbocycles. The van der Waals surface area contributed by atoms with Gasteiger partial charge in [0.1, 0.15) is 5.82 Å². The van der Waals surface area contributed by atoms with E-state index in [2.05, 4.69) is 102 Å². The maximum Gasteiger partial charge on any atom is 0.109 e. The summed E-state index contributed by atoms with van der Waals surface area (Å²) in [6.45, 7) is 0. The number of nitrogens with zero attached hydrogens (tertiary/aromatic N) is 2. The Hall–Kier alpha value is -2.87. The molecule has 0 saturated heterocycles. The van der Waals surface area contributed by atoms with Crippen LogP contribution in [0.15, 0.2) is 97.4 Å². The second-order valence-electron chi connectivity index (χ2n) is 6.63. The van der Waals surface area contributed by atoms with Crippen molar-refractivity contribution in [1.82, 2.24) is 9.55 Å². The molecule has 4 rings (SSSR count). The Labute approximate surface area is 149 Å². The number of hydrogen-bond donors (Lipinski definition) is 0. The smallest absolute Gasteiger partial charge is 0.109 e. The van der Waals surface area contributed by atoms with E-state index in [1.54, 1.807) is 0 Å². The predicted molar refractivity (Wildman–Crippen MR) is 102 cm³/mol. The van der Waals surface area contributed by atoms with Gasteiger partial charge in [-0.1, -0.05) is 85.0 Å². The molecular weight excluding hydrogens is 304 g/mol. The third-order valence-corrected chi connectivity index (χ3v) is 5.25. The van der Waals surface area contributed by atoms with Crippen LogP contribution >= 0.6 is 0 Å². The van der Waals surface area contributed by atoms with Crippen LogP contribution in [-0.2, 0) is 18.9 Å². The van der Waals surface area contributed by atoms with Gasteiger partial charge >= 0.3 is 0 Å². The summed E-state index contributed by atoms with van der Waals surface area (Å²) in [7, 11) is 2.07. The minimum absolute atomic E-state index is 0.175. The Bertz CT molecular complexity index is 837. The Kier molecular flexibility index (Phi) is 4.10. The maximum atomic E-state index is 4.64. The molecule has 0 N–H and O–H groups in total. The zero-order valence-electron chi connectivity index (χ0n) is 14.4. The van der Waals surface area contributed by atoms with Crippen molar-refractivity contribution >= 4 is 0 Å². The Morgan fingerprint density at radius 2 is 1.44 bits per heavy atom. The van der Waals surface area contributed by atoms with Gasteiger partial charge in [0.15, 0.2) is 0 Å². The molecule has 0 unspecified atom stereocenters. The summed E-state index contributed by atoms with van der Waals surface area (Å²) in [5.41, 5.74) is 2.47. The van der Waals surface area contributed by atoms with Crippen molar-refractivity contribution in [2.24, 2.45) is 13.0 Å². The molecule has 0 atom stereocenters. The van der Waals surface area contributed by atoms with E-state index in [-0.39, 0.29) is 5.41 Å². The third-order valence-electron chi connectivity index (χ3n) is 5.25. The highest BCUT2D eigenvalue weighted by Crippen LogP contribution is 2.44. The fourth-order valence-electron chi connectivity index (χ4n) is 3.92. The average Bonchev–Trinajstić information content (AvgIpc) is 3.34. The third kappa shape index (κ3) is 2.74. The second kappa shape index (κ2) is 6.56. The van der Waals surface area contributed by atoms with Crippen molar-refractivity contribution in [2.75, 3.05) is 0 Å². The van der Waals surface area contributed by atoms with Gasteiger partial charge in [0.2, 0.25) is 0 Å². The number of hydrogen-bond acceptors (Lipinski definition) is 1. The lowest BCUT2D eigenvalue weighted by Crippen LogP contribution is -2.37. The molecule has 2 aromatic carbocycles. The highest BCUT2D eigenvalue weighted by molar-refractivity contribution is 5.46. The van der Waals surface area contributed by atoms with Crippen LogP contribution in [0.3, 0.4) is 0 Å². The first-order valence-corrected chi connectivity index (χ1v) is 8.73. The highest BCUT2D eigenvalue weighted by atomic mass is 15.0. The SMILES string of the molecule is Cn1ccnc1CC(c1ccccc1)(c1ccccc1)C1C=CC=C1. The summed E-state index contributed by atoms with van der Waals surface area (Å²) in [4.78, 5) is 4.64. The van der Waals surface area contributed by atoms with Crippen LogP contribution in [0.5, 0.6) is 0 Å². The average molecular weight is 326 g/mol. The molecule has 1 aliphatic carbocycles. The number of rotatable bonds is 5. The summed E-state index contributed by atoms with van der Waals surface area (Å²) in [5.74, 6) is 1.40. The molecule has 0 fully saturated rings. The van der Waals surface area contributed by atoms with Gasteiger partial charge in [0.05, 0.1) is 0 Å². The van der Waals surface area contributed by atoms with Gasteiger partial charge in [-0.2, -0.15) is 0 Å². The van der Waals surface area contributed by atoms with Gasteiger partial charge < -0.3 is 4.57 Å². The molecular formula is C23H22N2. The summed E-state index contributed by atoms with van der Waals surface area (Å²) in [6, 6.07) is 21.7. The lowest BCUT2D eigenvalue weighted by atomic mass is 9.64. The molecule has 0 spiro atoms. The van der Waals surface area contributed by atoms with Gasteiger partial charge in [-0.25, -0.2) is 4.98 Å². The molecule has 0 aliphatic heterocycles. The molecule has 1 aromatic heterocycles. The van der Waals surface area contributed by atoms with Crippen molar-refractivity contribution in [3.8, 4) is 0 Å². The number of aromatic nitrogens is 2. The predicted octanol–water partition coefficient (Wildman–Crippen LogP) is 4.69. The highest BCUT2D eigenvalue weighted by Gasteiger charge is 2.41. The summed E-state index contributed by atoms with van der Waals surface area (Å²) in [5, 5.41) is 0. The lowest BCUT2D eigenvalue weighted by molar-refractivity contribution is 0.423. The largest absolute Gasteiger partial charge is 0.338 e. The zero-order valence-corrected chi connectivity index (χ0v) is 14.4. The minimum Gasteiger partial charge on any atom is -0.338 e. The van der Waals surface area contributed by atoms with Crippen LogP contribution in [0, 0.1) is 5.92 Å². The van der Waals surface area contributed by atoms with Gasteiger partial charge in [0, 0.05) is 37.2 Å². The standard InChI is InChI=1S/C23H22N2/c1-25-17-16-24-22(25)18-23(21-14-8-9-15-21,19-10-4-2-5-11-19)20-12-6-3-7-13-20/h2-17,21H,18H2,1H3. The van der Waals surface area contributed by atoms with Crippen LogP contribution in [-0.4, -0.2) is 9.55 Å². The first-order chi connectivity index (χ1) is 12.3. The van der Waals surface area contributed by atoms with Crippen molar-refractivity contribution in [2.45, 2.75) is 11.8 Å². The maximum absolute atomic E-state index is 4.64. The first kappa shape index (κ1) is 15.6. The van der Waals surface area contributed by atoms with E-state index in [0.29, 0.717) is 5.92 Å². The van der Waals surface area contributed by atoms with Crippen LogP contribution < -0.4 is 0 Å². The summed E-state index contributed by atoms with van der Waals surface area (Å²) < 4.78 is 2.13. The molecule has 2 heteroatoms. The number of aryl methyl sites for hydroxylation is 1. The number of benzene rings is 2. The molecule has 3 aromatic rings. The van der Waals surface area contributed by atoms with Crippen LogP contribution in [0.1, 0.15) is 17.0 Å². The Morgan fingerprint density at radius 1 is 0.880 bits per heavy atom. The van der Waals surface area contributed by atoms with Crippen molar-refractivity contribution in [3.05, 3.63) is 114 Å². The molecule has 0 radical (unpaired) electrons. The Morgan fingerprint density at radius 3 is 1.92 bits per heavy atom. The van der Waals surface area contributed by atoms with Crippen LogP contribution in [0.25, 0.3) is 0 Å². The van der Waals surface area contributed by atoms with Gasteiger partial charge in [-0.15, -0.1) is 0 Å². The normalized spacial score (nSPS) is 14.3. The van der Waals surface area contributed by atoms with Crippen LogP contribution in [0.2, 0.25) is 0 Å². The van der Waals surface area contributed by atoms with E-state index >= 15 is 0 Å². The molecule has 1 heterocycles. The topological polar surface area (TPSA) is 17.8 Å². The molecule has 1 aliphatic rings. The summed E-state index contributed by atoms with van der Waals surface area (Å²) >= 11 is 0. The number of allylic oxidation sites excluding steroid dienone is 4. The molecule has 124 valence electrons. The van der Waals surface area contributed by atoms with Crippen LogP contribution in [0.4, 0.5) is 0 Å². The molecule has 0 amide bonds. The van der Waals surface area contributed by atoms with Crippen molar-refractivity contribution in [1.29, 1.82) is 0 Å². The fourth-order valence-corrected chi connectivity index (χ4v) is 3.92. The minimum atomic E-state index is -0.175. The quantitative estimate of drug-likeness (QED) is 0.665. The lowest BCUT2D eigenvalue weighted by Gasteiger charge is -2.39. The zero-order chi connectivity index (χ0) is 17.1. The van der Waals surface area contributed by atoms with Crippen molar-refractivity contribution in [3.63, 3.8) is 0 Å². The van der Waals surface area contributed by atoms with Gasteiger partial charge in [0.25, 0.3) is 0 Å².